The van der Waals surface area contributed by atoms with E-state index in [4.69, 9.17) is 5.11 Å². The van der Waals surface area contributed by atoms with Crippen molar-refractivity contribution < 1.29 is 18.3 Å². The van der Waals surface area contributed by atoms with Crippen LogP contribution >= 0.6 is 15.9 Å². The van der Waals surface area contributed by atoms with E-state index in [9.17, 15) is 13.2 Å². The van der Waals surface area contributed by atoms with E-state index in [-0.39, 0.29) is 20.3 Å². The standard InChI is InChI=1S/C13H18BrNO4S/c1-13(2,3)8-15(4)20(18,19)11-6-5-9(12(16)17)7-10(11)14/h5-7H,8H2,1-4H3,(H,16,17). The van der Waals surface area contributed by atoms with Gasteiger partial charge in [-0.05, 0) is 39.5 Å². The highest BCUT2D eigenvalue weighted by molar-refractivity contribution is 9.10. The highest BCUT2D eigenvalue weighted by Crippen LogP contribution is 2.27. The minimum atomic E-state index is -3.65. The molecule has 1 aromatic rings. The van der Waals surface area contributed by atoms with Crippen molar-refractivity contribution in [3.8, 4) is 0 Å². The number of carbonyl (C=O) groups is 1. The highest BCUT2D eigenvalue weighted by Gasteiger charge is 2.27. The lowest BCUT2D eigenvalue weighted by Crippen LogP contribution is -2.34. The summed E-state index contributed by atoms with van der Waals surface area (Å²) in [6.07, 6.45) is 0. The number of hydrogen-bond donors (Lipinski definition) is 1. The molecule has 5 nitrogen and oxygen atoms in total. The number of nitrogens with zero attached hydrogens (tertiary/aromatic N) is 1. The SMILES string of the molecule is CN(CC(C)(C)C)S(=O)(=O)c1ccc(C(=O)O)cc1Br. The van der Waals surface area contributed by atoms with Gasteiger partial charge in [-0.2, -0.15) is 0 Å². The minimum absolute atomic E-state index is 0.0364. The molecule has 0 amide bonds. The lowest BCUT2D eigenvalue weighted by molar-refractivity contribution is 0.0696. The van der Waals surface area contributed by atoms with Crippen LogP contribution in [0.4, 0.5) is 0 Å². The maximum Gasteiger partial charge on any atom is 0.335 e. The Labute approximate surface area is 127 Å². The number of benzene rings is 1. The van der Waals surface area contributed by atoms with Crippen LogP contribution in [0.3, 0.4) is 0 Å². The summed E-state index contributed by atoms with van der Waals surface area (Å²) in [4.78, 5) is 10.9. The number of halogens is 1. The predicted octanol–water partition coefficient (Wildman–Crippen LogP) is 2.81. The summed E-state index contributed by atoms with van der Waals surface area (Å²) in [5.41, 5.74) is -0.135. The van der Waals surface area contributed by atoms with Gasteiger partial charge in [0.1, 0.15) is 0 Å². The van der Waals surface area contributed by atoms with Crippen molar-refractivity contribution in [1.82, 2.24) is 4.31 Å². The molecule has 0 atom stereocenters. The summed E-state index contributed by atoms with van der Waals surface area (Å²) in [5.74, 6) is -1.10. The molecule has 0 saturated heterocycles. The molecule has 0 bridgehead atoms. The molecule has 7 heteroatoms. The summed E-state index contributed by atoms with van der Waals surface area (Å²) in [7, 11) is -2.14. The zero-order chi connectivity index (χ0) is 15.7. The fourth-order valence-electron chi connectivity index (χ4n) is 1.76. The smallest absolute Gasteiger partial charge is 0.335 e. The van der Waals surface area contributed by atoms with Gasteiger partial charge in [-0.1, -0.05) is 20.8 Å². The van der Waals surface area contributed by atoms with E-state index in [0.29, 0.717) is 6.54 Å². The Bertz CT molecular complexity index is 620. The van der Waals surface area contributed by atoms with Crippen molar-refractivity contribution in [2.24, 2.45) is 5.41 Å². The molecule has 0 aliphatic rings. The van der Waals surface area contributed by atoms with Crippen LogP contribution < -0.4 is 0 Å². The molecule has 1 rings (SSSR count). The molecule has 0 fully saturated rings. The van der Waals surface area contributed by atoms with Gasteiger partial charge >= 0.3 is 5.97 Å². The zero-order valence-electron chi connectivity index (χ0n) is 11.8. The van der Waals surface area contributed by atoms with Gasteiger partial charge in [0.15, 0.2) is 0 Å². The lowest BCUT2D eigenvalue weighted by Gasteiger charge is -2.26. The first kappa shape index (κ1) is 17.1. The summed E-state index contributed by atoms with van der Waals surface area (Å²) >= 11 is 3.13. The predicted molar refractivity (Wildman–Crippen MR) is 80.4 cm³/mol. The quantitative estimate of drug-likeness (QED) is 0.892. The Balaban J connectivity index is 3.20. The van der Waals surface area contributed by atoms with Crippen molar-refractivity contribution in [1.29, 1.82) is 0 Å². The van der Waals surface area contributed by atoms with Crippen LogP contribution in [0.5, 0.6) is 0 Å². The fourth-order valence-corrected chi connectivity index (χ4v) is 4.19. The summed E-state index contributed by atoms with van der Waals surface area (Å²) in [5, 5.41) is 8.88. The van der Waals surface area contributed by atoms with Crippen molar-refractivity contribution in [3.05, 3.63) is 28.2 Å². The number of sulfonamides is 1. The zero-order valence-corrected chi connectivity index (χ0v) is 14.2. The van der Waals surface area contributed by atoms with Gasteiger partial charge in [-0.15, -0.1) is 0 Å². The summed E-state index contributed by atoms with van der Waals surface area (Å²) in [6, 6.07) is 3.88. The molecular formula is C13H18BrNO4S. The van der Waals surface area contributed by atoms with E-state index in [1.54, 1.807) is 0 Å². The molecule has 112 valence electrons. The minimum Gasteiger partial charge on any atom is -0.478 e. The third-order valence-electron chi connectivity index (χ3n) is 2.56. The van der Waals surface area contributed by atoms with Crippen LogP contribution in [0.2, 0.25) is 0 Å². The highest BCUT2D eigenvalue weighted by atomic mass is 79.9. The van der Waals surface area contributed by atoms with Crippen LogP contribution in [0.1, 0.15) is 31.1 Å². The van der Waals surface area contributed by atoms with Gasteiger partial charge in [0.2, 0.25) is 10.0 Å². The van der Waals surface area contributed by atoms with Crippen molar-refractivity contribution in [3.63, 3.8) is 0 Å². The molecule has 0 aliphatic heterocycles. The third kappa shape index (κ3) is 4.04. The molecule has 0 radical (unpaired) electrons. The average molecular weight is 364 g/mol. The largest absolute Gasteiger partial charge is 0.478 e. The Kier molecular flexibility index (Phi) is 4.99. The van der Waals surface area contributed by atoms with E-state index < -0.39 is 16.0 Å². The van der Waals surface area contributed by atoms with Gasteiger partial charge in [0, 0.05) is 18.1 Å². The van der Waals surface area contributed by atoms with Crippen LogP contribution in [0.25, 0.3) is 0 Å². The van der Waals surface area contributed by atoms with Gasteiger partial charge in [0.25, 0.3) is 0 Å². The molecular weight excluding hydrogens is 346 g/mol. The third-order valence-corrected chi connectivity index (χ3v) is 5.34. The monoisotopic (exact) mass is 363 g/mol. The lowest BCUT2D eigenvalue weighted by atomic mass is 9.97. The molecule has 0 spiro atoms. The number of rotatable bonds is 4. The number of carboxylic acid groups (broad SMARTS) is 1. The Morgan fingerprint density at radius 2 is 1.90 bits per heavy atom. The van der Waals surface area contributed by atoms with E-state index in [1.165, 1.54) is 29.6 Å². The average Bonchev–Trinajstić information content (AvgIpc) is 2.25. The normalized spacial score (nSPS) is 12.7. The first-order valence-electron chi connectivity index (χ1n) is 5.94. The van der Waals surface area contributed by atoms with Crippen LogP contribution in [0.15, 0.2) is 27.6 Å². The fraction of sp³-hybridized carbons (Fsp3) is 0.462. The van der Waals surface area contributed by atoms with E-state index in [1.807, 2.05) is 20.8 Å². The Morgan fingerprint density at radius 1 is 1.35 bits per heavy atom. The number of carboxylic acids is 1. The molecule has 20 heavy (non-hydrogen) atoms. The van der Waals surface area contributed by atoms with Gasteiger partial charge in [0.05, 0.1) is 10.5 Å². The maximum atomic E-state index is 12.5. The van der Waals surface area contributed by atoms with Crippen molar-refractivity contribution in [2.75, 3.05) is 13.6 Å². The van der Waals surface area contributed by atoms with Crippen molar-refractivity contribution >= 4 is 31.9 Å². The summed E-state index contributed by atoms with van der Waals surface area (Å²) < 4.78 is 26.4. The summed E-state index contributed by atoms with van der Waals surface area (Å²) in [6.45, 7) is 6.20. The van der Waals surface area contributed by atoms with Gasteiger partial charge in [-0.3, -0.25) is 0 Å². The van der Waals surface area contributed by atoms with E-state index in [2.05, 4.69) is 15.9 Å². The van der Waals surface area contributed by atoms with Crippen LogP contribution in [0, 0.1) is 5.41 Å². The van der Waals surface area contributed by atoms with Crippen molar-refractivity contribution in [2.45, 2.75) is 25.7 Å². The second-order valence-electron chi connectivity index (χ2n) is 5.77. The molecule has 0 unspecified atom stereocenters. The Hall–Kier alpha value is -0.920. The second-order valence-corrected chi connectivity index (χ2v) is 8.64. The van der Waals surface area contributed by atoms with Crippen LogP contribution in [-0.2, 0) is 10.0 Å². The molecule has 0 aromatic heterocycles. The topological polar surface area (TPSA) is 74.7 Å². The van der Waals surface area contributed by atoms with E-state index >= 15 is 0 Å². The number of aromatic carboxylic acids is 1. The van der Waals surface area contributed by atoms with Gasteiger partial charge in [-0.25, -0.2) is 17.5 Å². The molecule has 0 aliphatic carbocycles. The molecule has 0 saturated carbocycles. The maximum absolute atomic E-state index is 12.5. The van der Waals surface area contributed by atoms with Crippen LogP contribution in [-0.4, -0.2) is 37.4 Å². The second kappa shape index (κ2) is 5.83. The van der Waals surface area contributed by atoms with E-state index in [0.717, 1.165) is 0 Å². The molecule has 1 aromatic carbocycles. The molecule has 1 N–H and O–H groups in total. The Morgan fingerprint density at radius 3 is 2.30 bits per heavy atom. The first-order valence-corrected chi connectivity index (χ1v) is 8.17. The first-order chi connectivity index (χ1) is 8.95. The van der Waals surface area contributed by atoms with Gasteiger partial charge < -0.3 is 5.11 Å². The molecule has 0 heterocycles. The number of hydrogen-bond acceptors (Lipinski definition) is 3.